The van der Waals surface area contributed by atoms with Crippen LogP contribution in [0, 0.1) is 17.0 Å². The molecule has 1 aromatic heterocycles. The number of hydrogen-bond acceptors (Lipinski definition) is 5. The Morgan fingerprint density at radius 1 is 1.22 bits per heavy atom. The molecule has 2 aromatic carbocycles. The van der Waals surface area contributed by atoms with Crippen molar-refractivity contribution in [3.63, 3.8) is 0 Å². The number of amides is 1. The van der Waals surface area contributed by atoms with Crippen LogP contribution in [0.4, 0.5) is 5.69 Å². The number of benzene rings is 2. The molecule has 1 N–H and O–H groups in total. The number of hydrogen-bond donors (Lipinski definition) is 1. The van der Waals surface area contributed by atoms with Gasteiger partial charge in [-0.15, -0.1) is 0 Å². The van der Waals surface area contributed by atoms with Gasteiger partial charge < -0.3 is 10.1 Å². The summed E-state index contributed by atoms with van der Waals surface area (Å²) in [6.07, 6.45) is 1.58. The van der Waals surface area contributed by atoms with Gasteiger partial charge in [0.1, 0.15) is 12.4 Å². The van der Waals surface area contributed by atoms with Crippen molar-refractivity contribution in [3.05, 3.63) is 82.2 Å². The Morgan fingerprint density at radius 3 is 2.74 bits per heavy atom. The number of non-ortho nitro benzene ring substituents is 1. The maximum absolute atomic E-state index is 12.2. The molecule has 0 unspecified atom stereocenters. The number of carbonyl (C=O) groups excluding carboxylic acids is 1. The summed E-state index contributed by atoms with van der Waals surface area (Å²) in [7, 11) is 0. The zero-order valence-corrected chi connectivity index (χ0v) is 14.7. The van der Waals surface area contributed by atoms with E-state index in [1.54, 1.807) is 24.4 Å². The molecule has 27 heavy (non-hydrogen) atoms. The SMILES string of the molecule is Cc1ccc(OCCNC(=O)c2ccn(-c3cccc([N+](=O)[O-])c3)n2)cc1. The number of aromatic nitrogens is 2. The number of ether oxygens (including phenoxy) is 1. The second-order valence-electron chi connectivity index (χ2n) is 5.84. The van der Waals surface area contributed by atoms with Crippen molar-refractivity contribution in [2.45, 2.75) is 6.92 Å². The molecule has 0 saturated heterocycles. The lowest BCUT2D eigenvalue weighted by Crippen LogP contribution is -2.28. The van der Waals surface area contributed by atoms with E-state index in [9.17, 15) is 14.9 Å². The van der Waals surface area contributed by atoms with Gasteiger partial charge in [-0.25, -0.2) is 4.68 Å². The summed E-state index contributed by atoms with van der Waals surface area (Å²) in [5.74, 6) is 0.400. The Hall–Kier alpha value is -3.68. The molecule has 0 aliphatic heterocycles. The highest BCUT2D eigenvalue weighted by molar-refractivity contribution is 5.92. The Labute approximate surface area is 155 Å². The van der Waals surface area contributed by atoms with Crippen LogP contribution in [0.15, 0.2) is 60.8 Å². The van der Waals surface area contributed by atoms with Gasteiger partial charge in [-0.2, -0.15) is 5.10 Å². The molecule has 0 aliphatic rings. The number of nitro groups is 1. The molecule has 0 bridgehead atoms. The first-order valence-electron chi connectivity index (χ1n) is 8.31. The Morgan fingerprint density at radius 2 is 2.00 bits per heavy atom. The van der Waals surface area contributed by atoms with Crippen LogP contribution in [-0.2, 0) is 0 Å². The molecule has 0 fully saturated rings. The number of carbonyl (C=O) groups is 1. The lowest BCUT2D eigenvalue weighted by atomic mass is 10.2. The van der Waals surface area contributed by atoms with Crippen LogP contribution in [0.2, 0.25) is 0 Å². The predicted octanol–water partition coefficient (Wildman–Crippen LogP) is 2.90. The van der Waals surface area contributed by atoms with E-state index in [-0.39, 0.29) is 17.3 Å². The third kappa shape index (κ3) is 4.69. The number of nitrogens with zero attached hydrogens (tertiary/aromatic N) is 3. The average Bonchev–Trinajstić information content (AvgIpc) is 3.17. The monoisotopic (exact) mass is 366 g/mol. The predicted molar refractivity (Wildman–Crippen MR) is 99.2 cm³/mol. The first-order chi connectivity index (χ1) is 13.0. The highest BCUT2D eigenvalue weighted by Crippen LogP contribution is 2.16. The van der Waals surface area contributed by atoms with Gasteiger partial charge in [0.15, 0.2) is 5.69 Å². The molecule has 0 atom stereocenters. The summed E-state index contributed by atoms with van der Waals surface area (Å²) in [5, 5.41) is 17.8. The second-order valence-corrected chi connectivity index (χ2v) is 5.84. The zero-order chi connectivity index (χ0) is 19.2. The van der Waals surface area contributed by atoms with Crippen LogP contribution in [0.1, 0.15) is 16.1 Å². The summed E-state index contributed by atoms with van der Waals surface area (Å²) in [6, 6.07) is 15.2. The normalized spacial score (nSPS) is 10.4. The number of rotatable bonds is 7. The lowest BCUT2D eigenvalue weighted by Gasteiger charge is -2.07. The van der Waals surface area contributed by atoms with Crippen LogP contribution in [0.5, 0.6) is 5.75 Å². The van der Waals surface area contributed by atoms with Crippen LogP contribution in [0.25, 0.3) is 5.69 Å². The van der Waals surface area contributed by atoms with Crippen molar-refractivity contribution in [2.75, 3.05) is 13.2 Å². The third-order valence-corrected chi connectivity index (χ3v) is 3.80. The molecule has 0 aliphatic carbocycles. The number of nitro benzene ring substituents is 1. The van der Waals surface area contributed by atoms with Crippen molar-refractivity contribution in [3.8, 4) is 11.4 Å². The fourth-order valence-electron chi connectivity index (χ4n) is 2.40. The first kappa shape index (κ1) is 18.1. The van der Waals surface area contributed by atoms with E-state index in [0.717, 1.165) is 11.3 Å². The van der Waals surface area contributed by atoms with E-state index in [1.165, 1.54) is 16.8 Å². The summed E-state index contributed by atoms with van der Waals surface area (Å²) >= 11 is 0. The van der Waals surface area contributed by atoms with Crippen LogP contribution in [-0.4, -0.2) is 33.8 Å². The van der Waals surface area contributed by atoms with E-state index in [4.69, 9.17) is 4.74 Å². The highest BCUT2D eigenvalue weighted by atomic mass is 16.6. The van der Waals surface area contributed by atoms with Gasteiger partial charge in [0, 0.05) is 18.3 Å². The topological polar surface area (TPSA) is 99.3 Å². The highest BCUT2D eigenvalue weighted by Gasteiger charge is 2.12. The molecule has 1 heterocycles. The molecular formula is C19H18N4O4. The van der Waals surface area contributed by atoms with Crippen LogP contribution in [0.3, 0.4) is 0 Å². The minimum atomic E-state index is -0.478. The quantitative estimate of drug-likeness (QED) is 0.394. The van der Waals surface area contributed by atoms with Gasteiger partial charge in [0.05, 0.1) is 17.2 Å². The molecule has 0 saturated carbocycles. The Bertz CT molecular complexity index is 950. The minimum absolute atomic E-state index is 0.0396. The molecule has 8 heteroatoms. The van der Waals surface area contributed by atoms with E-state index in [2.05, 4.69) is 10.4 Å². The van der Waals surface area contributed by atoms with Gasteiger partial charge in [-0.3, -0.25) is 14.9 Å². The molecule has 3 aromatic rings. The van der Waals surface area contributed by atoms with E-state index in [1.807, 2.05) is 31.2 Å². The lowest BCUT2D eigenvalue weighted by molar-refractivity contribution is -0.384. The average molecular weight is 366 g/mol. The molecule has 8 nitrogen and oxygen atoms in total. The van der Waals surface area contributed by atoms with E-state index < -0.39 is 4.92 Å². The maximum Gasteiger partial charge on any atom is 0.271 e. The first-order valence-corrected chi connectivity index (χ1v) is 8.31. The van der Waals surface area contributed by atoms with Crippen LogP contribution < -0.4 is 10.1 Å². The van der Waals surface area contributed by atoms with Crippen molar-refractivity contribution in [2.24, 2.45) is 0 Å². The largest absolute Gasteiger partial charge is 0.492 e. The van der Waals surface area contributed by atoms with Gasteiger partial charge >= 0.3 is 0 Å². The van der Waals surface area contributed by atoms with Crippen LogP contribution >= 0.6 is 0 Å². The summed E-state index contributed by atoms with van der Waals surface area (Å²) < 4.78 is 6.97. The standard InChI is InChI=1S/C19H18N4O4/c1-14-5-7-17(8-6-14)27-12-10-20-19(24)18-9-11-22(21-18)15-3-2-4-16(13-15)23(25)26/h2-9,11,13H,10,12H2,1H3,(H,20,24). The number of nitrogens with one attached hydrogen (secondary N) is 1. The Balaban J connectivity index is 1.54. The van der Waals surface area contributed by atoms with Gasteiger partial charge in [0.25, 0.3) is 11.6 Å². The molecular weight excluding hydrogens is 348 g/mol. The van der Waals surface area contributed by atoms with Gasteiger partial charge in [-0.05, 0) is 31.2 Å². The van der Waals surface area contributed by atoms with Crippen molar-refractivity contribution < 1.29 is 14.5 Å². The zero-order valence-electron chi connectivity index (χ0n) is 14.7. The third-order valence-electron chi connectivity index (χ3n) is 3.80. The van der Waals surface area contributed by atoms with E-state index >= 15 is 0 Å². The number of aryl methyl sites for hydroxylation is 1. The summed E-state index contributed by atoms with van der Waals surface area (Å²) in [5.41, 5.74) is 1.83. The van der Waals surface area contributed by atoms with Crippen molar-refractivity contribution >= 4 is 11.6 Å². The Kier molecular flexibility index (Phi) is 5.46. The van der Waals surface area contributed by atoms with E-state index in [0.29, 0.717) is 18.8 Å². The maximum atomic E-state index is 12.2. The molecule has 1 amide bonds. The second kappa shape index (κ2) is 8.13. The minimum Gasteiger partial charge on any atom is -0.492 e. The molecule has 0 spiro atoms. The summed E-state index contributed by atoms with van der Waals surface area (Å²) in [4.78, 5) is 22.6. The fourth-order valence-corrected chi connectivity index (χ4v) is 2.40. The molecule has 3 rings (SSSR count). The van der Waals surface area contributed by atoms with Gasteiger partial charge in [0.2, 0.25) is 0 Å². The molecule has 0 radical (unpaired) electrons. The summed E-state index contributed by atoms with van der Waals surface area (Å²) in [6.45, 7) is 2.66. The van der Waals surface area contributed by atoms with Crippen molar-refractivity contribution in [1.29, 1.82) is 0 Å². The van der Waals surface area contributed by atoms with Gasteiger partial charge in [-0.1, -0.05) is 23.8 Å². The fraction of sp³-hybridized carbons (Fsp3) is 0.158. The molecule has 138 valence electrons. The smallest absolute Gasteiger partial charge is 0.271 e. The van der Waals surface area contributed by atoms with Crippen molar-refractivity contribution in [1.82, 2.24) is 15.1 Å².